The molecule has 1 atom stereocenters. The van der Waals surface area contributed by atoms with E-state index >= 15 is 0 Å². The Bertz CT molecular complexity index is 559. The van der Waals surface area contributed by atoms with Crippen molar-refractivity contribution in [3.63, 3.8) is 0 Å². The number of rotatable bonds is 5. The summed E-state index contributed by atoms with van der Waals surface area (Å²) in [5.74, 6) is 0. The van der Waals surface area contributed by atoms with Crippen molar-refractivity contribution >= 4 is 5.69 Å². The normalized spacial score (nSPS) is 11.1. The molecule has 124 valence electrons. The predicted molar refractivity (Wildman–Crippen MR) is 97.7 cm³/mol. The number of nitrogens with zero attached hydrogens (tertiary/aromatic N) is 1. The molecule has 0 aliphatic heterocycles. The third-order valence-electron chi connectivity index (χ3n) is 3.24. The van der Waals surface area contributed by atoms with E-state index in [2.05, 4.69) is 63.9 Å². The second-order valence-corrected chi connectivity index (χ2v) is 5.92. The SMILES string of the molecule is C=CC(c1ccccc1)[N+](C)(C)C.C=CNc1ccccc1.[Cl-]. The largest absolute Gasteiger partial charge is 1.00 e. The number of likely N-dealkylation sites (N-methyl/N-ethyl adjacent to an activating group) is 1. The Morgan fingerprint density at radius 1 is 0.870 bits per heavy atom. The lowest BCUT2D eigenvalue weighted by Crippen LogP contribution is -3.00. The first-order valence-electron chi connectivity index (χ1n) is 7.40. The lowest BCUT2D eigenvalue weighted by atomic mass is 10.1. The van der Waals surface area contributed by atoms with Crippen molar-refractivity contribution in [3.05, 3.63) is 91.7 Å². The molecule has 0 aliphatic carbocycles. The molecule has 23 heavy (non-hydrogen) atoms. The van der Waals surface area contributed by atoms with Gasteiger partial charge < -0.3 is 22.2 Å². The van der Waals surface area contributed by atoms with Crippen LogP contribution in [0.2, 0.25) is 0 Å². The van der Waals surface area contributed by atoms with Gasteiger partial charge in [-0.15, -0.1) is 0 Å². The van der Waals surface area contributed by atoms with Crippen LogP contribution in [0.15, 0.2) is 86.1 Å². The van der Waals surface area contributed by atoms with Crippen molar-refractivity contribution in [2.45, 2.75) is 6.04 Å². The van der Waals surface area contributed by atoms with Crippen LogP contribution in [0.4, 0.5) is 5.69 Å². The van der Waals surface area contributed by atoms with Crippen LogP contribution in [0, 0.1) is 0 Å². The fraction of sp³-hybridized carbons (Fsp3) is 0.200. The molecule has 1 unspecified atom stereocenters. The summed E-state index contributed by atoms with van der Waals surface area (Å²) < 4.78 is 0.882. The van der Waals surface area contributed by atoms with Gasteiger partial charge in [-0.05, 0) is 24.4 Å². The third-order valence-corrected chi connectivity index (χ3v) is 3.24. The average molecular weight is 331 g/mol. The van der Waals surface area contributed by atoms with Crippen LogP contribution in [-0.2, 0) is 0 Å². The van der Waals surface area contributed by atoms with Gasteiger partial charge in [0.2, 0.25) is 0 Å². The molecular weight excluding hydrogens is 304 g/mol. The fourth-order valence-corrected chi connectivity index (χ4v) is 2.20. The fourth-order valence-electron chi connectivity index (χ4n) is 2.20. The van der Waals surface area contributed by atoms with E-state index < -0.39 is 0 Å². The number of quaternary nitrogens is 1. The molecule has 1 N–H and O–H groups in total. The summed E-state index contributed by atoms with van der Waals surface area (Å²) in [4.78, 5) is 0. The van der Waals surface area contributed by atoms with Gasteiger partial charge in [0.15, 0.2) is 0 Å². The average Bonchev–Trinajstić information content (AvgIpc) is 2.50. The highest BCUT2D eigenvalue weighted by Gasteiger charge is 2.21. The molecule has 3 heteroatoms. The minimum Gasteiger partial charge on any atom is -1.00 e. The molecule has 0 aliphatic rings. The van der Waals surface area contributed by atoms with E-state index in [0.29, 0.717) is 6.04 Å². The first-order valence-corrected chi connectivity index (χ1v) is 7.40. The molecule has 2 nitrogen and oxygen atoms in total. The van der Waals surface area contributed by atoms with Crippen molar-refractivity contribution in [1.29, 1.82) is 0 Å². The topological polar surface area (TPSA) is 12.0 Å². The lowest BCUT2D eigenvalue weighted by Gasteiger charge is -2.32. The second-order valence-electron chi connectivity index (χ2n) is 5.92. The van der Waals surface area contributed by atoms with E-state index in [1.165, 1.54) is 5.56 Å². The summed E-state index contributed by atoms with van der Waals surface area (Å²) in [7, 11) is 6.54. The van der Waals surface area contributed by atoms with Gasteiger partial charge in [0.05, 0.1) is 21.1 Å². The molecule has 0 saturated carbocycles. The zero-order valence-electron chi connectivity index (χ0n) is 14.2. The van der Waals surface area contributed by atoms with Crippen molar-refractivity contribution in [2.24, 2.45) is 0 Å². The number of para-hydroxylation sites is 1. The van der Waals surface area contributed by atoms with Gasteiger partial charge in [-0.2, -0.15) is 0 Å². The zero-order valence-corrected chi connectivity index (χ0v) is 15.0. The Hall–Kier alpha value is -2.03. The molecule has 0 fully saturated rings. The van der Waals surface area contributed by atoms with E-state index in [9.17, 15) is 0 Å². The Morgan fingerprint density at radius 3 is 1.74 bits per heavy atom. The Morgan fingerprint density at radius 2 is 1.35 bits per heavy atom. The van der Waals surface area contributed by atoms with Gasteiger partial charge in [-0.3, -0.25) is 0 Å². The summed E-state index contributed by atoms with van der Waals surface area (Å²) in [6, 6.07) is 20.8. The number of hydrogen-bond acceptors (Lipinski definition) is 1. The monoisotopic (exact) mass is 330 g/mol. The number of nitrogens with one attached hydrogen (secondary N) is 1. The molecule has 0 saturated heterocycles. The lowest BCUT2D eigenvalue weighted by molar-refractivity contribution is -0.895. The molecule has 2 aromatic carbocycles. The highest BCUT2D eigenvalue weighted by atomic mass is 35.5. The van der Waals surface area contributed by atoms with E-state index in [1.54, 1.807) is 6.20 Å². The first-order chi connectivity index (χ1) is 10.5. The maximum atomic E-state index is 3.89. The Balaban J connectivity index is 0.000000427. The van der Waals surface area contributed by atoms with Gasteiger partial charge in [-0.25, -0.2) is 0 Å². The van der Waals surface area contributed by atoms with Crippen molar-refractivity contribution in [1.82, 2.24) is 0 Å². The van der Waals surface area contributed by atoms with Crippen LogP contribution in [-0.4, -0.2) is 25.6 Å². The maximum absolute atomic E-state index is 3.89. The van der Waals surface area contributed by atoms with E-state index in [0.717, 1.165) is 10.2 Å². The Labute approximate surface area is 147 Å². The van der Waals surface area contributed by atoms with E-state index in [-0.39, 0.29) is 12.4 Å². The molecule has 2 aromatic rings. The number of anilines is 1. The van der Waals surface area contributed by atoms with Crippen LogP contribution in [0.5, 0.6) is 0 Å². The van der Waals surface area contributed by atoms with Crippen LogP contribution in [0.1, 0.15) is 11.6 Å². The van der Waals surface area contributed by atoms with Crippen LogP contribution < -0.4 is 17.7 Å². The number of hydrogen-bond donors (Lipinski definition) is 1. The molecule has 2 rings (SSSR count). The molecule has 0 amide bonds. The van der Waals surface area contributed by atoms with Crippen molar-refractivity contribution in [3.8, 4) is 0 Å². The van der Waals surface area contributed by atoms with E-state index in [4.69, 9.17) is 0 Å². The highest BCUT2D eigenvalue weighted by Crippen LogP contribution is 2.23. The smallest absolute Gasteiger partial charge is 0.133 e. The number of halogens is 1. The Kier molecular flexibility index (Phi) is 9.71. The second kappa shape index (κ2) is 10.7. The van der Waals surface area contributed by atoms with Crippen LogP contribution >= 0.6 is 0 Å². The molecule has 0 spiro atoms. The maximum Gasteiger partial charge on any atom is 0.133 e. The molecule has 0 heterocycles. The minimum absolute atomic E-state index is 0. The summed E-state index contributed by atoms with van der Waals surface area (Å²) >= 11 is 0. The van der Waals surface area contributed by atoms with Gasteiger partial charge in [0.25, 0.3) is 0 Å². The van der Waals surface area contributed by atoms with Crippen LogP contribution in [0.3, 0.4) is 0 Å². The molecular formula is C20H27ClN2. The van der Waals surface area contributed by atoms with Gasteiger partial charge in [-0.1, -0.05) is 61.7 Å². The standard InChI is InChI=1S/C12H18N.C8H9N.ClH/c1-5-12(13(2,3)4)11-9-7-6-8-10-11;1-2-9-8-6-4-3-5-7-8;/h5-10,12H,1H2,2-4H3;2-7,9H,1H2;1H/q+1;;/p-1. The summed E-state index contributed by atoms with van der Waals surface area (Å²) in [6.07, 6.45) is 3.67. The predicted octanol–water partition coefficient (Wildman–Crippen LogP) is 1.87. The van der Waals surface area contributed by atoms with Gasteiger partial charge >= 0.3 is 0 Å². The summed E-state index contributed by atoms with van der Waals surface area (Å²) in [5.41, 5.74) is 2.40. The minimum atomic E-state index is 0. The van der Waals surface area contributed by atoms with Crippen molar-refractivity contribution < 1.29 is 16.9 Å². The van der Waals surface area contributed by atoms with Gasteiger partial charge in [0.1, 0.15) is 6.04 Å². The van der Waals surface area contributed by atoms with Crippen LogP contribution in [0.25, 0.3) is 0 Å². The first kappa shape index (κ1) is 21.0. The quantitative estimate of drug-likeness (QED) is 0.652. The zero-order chi connectivity index (χ0) is 16.4. The van der Waals surface area contributed by atoms with E-state index in [1.807, 2.05) is 42.5 Å². The summed E-state index contributed by atoms with van der Waals surface area (Å²) in [6.45, 7) is 7.43. The number of benzene rings is 2. The molecule has 0 aromatic heterocycles. The molecule has 0 bridgehead atoms. The van der Waals surface area contributed by atoms with Crippen molar-refractivity contribution in [2.75, 3.05) is 26.5 Å². The third kappa shape index (κ3) is 7.68. The molecule has 0 radical (unpaired) electrons. The highest BCUT2D eigenvalue weighted by molar-refractivity contribution is 5.44. The van der Waals surface area contributed by atoms with Gasteiger partial charge in [0, 0.05) is 11.3 Å². The summed E-state index contributed by atoms with van der Waals surface area (Å²) in [5, 5.41) is 2.97.